The van der Waals surface area contributed by atoms with E-state index in [1.54, 1.807) is 5.57 Å². The van der Waals surface area contributed by atoms with E-state index in [1.165, 1.54) is 43.3 Å². The van der Waals surface area contributed by atoms with Crippen molar-refractivity contribution in [2.24, 2.45) is 29.1 Å². The fourth-order valence-corrected chi connectivity index (χ4v) is 6.84. The van der Waals surface area contributed by atoms with Crippen LogP contribution in [0.15, 0.2) is 35.5 Å². The van der Waals surface area contributed by atoms with Crippen molar-refractivity contribution in [1.82, 2.24) is 0 Å². The standard InChI is InChI=1S/C27H44O2/c1-18(2)15-24(29)16-20(4)25-12-13-26-21(7-6-14-27(25,26)5)9-10-22-17-23(28)11-8-19(22)3/h9-10,18,20,23-26,28-29H,3,6-8,11-17H2,1-2,4-5H3/b21-9?,22-10-/t20-,23+,24?,25-,26?,27-/m1/s1. The molecule has 6 atom stereocenters. The first-order valence-corrected chi connectivity index (χ1v) is 12.1. The lowest BCUT2D eigenvalue weighted by Crippen LogP contribution is -2.36. The van der Waals surface area contributed by atoms with Gasteiger partial charge in [0.05, 0.1) is 12.2 Å². The quantitative estimate of drug-likeness (QED) is 0.528. The van der Waals surface area contributed by atoms with E-state index < -0.39 is 0 Å². The minimum absolute atomic E-state index is 0.153. The van der Waals surface area contributed by atoms with Gasteiger partial charge < -0.3 is 10.2 Å². The number of rotatable bonds is 6. The van der Waals surface area contributed by atoms with Crippen LogP contribution in [0, 0.1) is 29.1 Å². The third kappa shape index (κ3) is 5.25. The van der Waals surface area contributed by atoms with E-state index >= 15 is 0 Å². The zero-order chi connectivity index (χ0) is 21.2. The van der Waals surface area contributed by atoms with Crippen LogP contribution in [0.5, 0.6) is 0 Å². The molecule has 0 saturated heterocycles. The zero-order valence-electron chi connectivity index (χ0n) is 19.3. The molecule has 0 radical (unpaired) electrons. The number of hydrogen-bond acceptors (Lipinski definition) is 2. The molecule has 0 heterocycles. The van der Waals surface area contributed by atoms with E-state index in [0.717, 1.165) is 38.0 Å². The van der Waals surface area contributed by atoms with Gasteiger partial charge in [0.15, 0.2) is 0 Å². The Morgan fingerprint density at radius 3 is 2.59 bits per heavy atom. The lowest BCUT2D eigenvalue weighted by Gasteiger charge is -2.44. The van der Waals surface area contributed by atoms with Gasteiger partial charge >= 0.3 is 0 Å². The van der Waals surface area contributed by atoms with Crippen molar-refractivity contribution < 1.29 is 10.2 Å². The summed E-state index contributed by atoms with van der Waals surface area (Å²) in [6.45, 7) is 13.5. The van der Waals surface area contributed by atoms with E-state index in [4.69, 9.17) is 0 Å². The molecule has 0 amide bonds. The van der Waals surface area contributed by atoms with Crippen LogP contribution < -0.4 is 0 Å². The largest absolute Gasteiger partial charge is 0.393 e. The molecular weight excluding hydrogens is 356 g/mol. The topological polar surface area (TPSA) is 40.5 Å². The zero-order valence-corrected chi connectivity index (χ0v) is 19.3. The maximum atomic E-state index is 10.5. The summed E-state index contributed by atoms with van der Waals surface area (Å²) in [5.41, 5.74) is 4.46. The SMILES string of the molecule is C=C1CC[C@H](O)C/C1=C/C=C1CCC[C@@]2(C)C1CC[C@@H]2[C@H](C)CC(O)CC(C)C. The smallest absolute Gasteiger partial charge is 0.0583 e. The molecule has 29 heavy (non-hydrogen) atoms. The summed E-state index contributed by atoms with van der Waals surface area (Å²) in [6.07, 6.45) is 15.2. The Balaban J connectivity index is 1.71. The Hall–Kier alpha value is -0.860. The van der Waals surface area contributed by atoms with Gasteiger partial charge in [0.2, 0.25) is 0 Å². The molecule has 2 heteroatoms. The van der Waals surface area contributed by atoms with Crippen molar-refractivity contribution in [1.29, 1.82) is 0 Å². The van der Waals surface area contributed by atoms with Crippen LogP contribution in [0.25, 0.3) is 0 Å². The minimum Gasteiger partial charge on any atom is -0.393 e. The first kappa shape index (κ1) is 22.8. The van der Waals surface area contributed by atoms with Gasteiger partial charge in [0.1, 0.15) is 0 Å². The molecule has 3 saturated carbocycles. The second-order valence-corrected chi connectivity index (χ2v) is 11.0. The number of allylic oxidation sites excluding steroid dienone is 4. The van der Waals surface area contributed by atoms with Crippen molar-refractivity contribution in [2.45, 2.75) is 104 Å². The van der Waals surface area contributed by atoms with Crippen LogP contribution >= 0.6 is 0 Å². The summed E-state index contributed by atoms with van der Waals surface area (Å²) in [5, 5.41) is 20.5. The maximum absolute atomic E-state index is 10.5. The first-order chi connectivity index (χ1) is 13.7. The van der Waals surface area contributed by atoms with Gasteiger partial charge in [-0.05, 0) is 98.9 Å². The highest BCUT2D eigenvalue weighted by Gasteiger charge is 2.50. The third-order valence-corrected chi connectivity index (χ3v) is 8.30. The molecule has 0 bridgehead atoms. The number of aliphatic hydroxyl groups excluding tert-OH is 2. The van der Waals surface area contributed by atoms with Gasteiger partial charge in [0.25, 0.3) is 0 Å². The molecule has 164 valence electrons. The fourth-order valence-electron chi connectivity index (χ4n) is 6.84. The monoisotopic (exact) mass is 400 g/mol. The van der Waals surface area contributed by atoms with Crippen LogP contribution in [0.3, 0.4) is 0 Å². The third-order valence-electron chi connectivity index (χ3n) is 8.30. The van der Waals surface area contributed by atoms with Crippen molar-refractivity contribution >= 4 is 0 Å². The Labute approximate surface area is 179 Å². The Morgan fingerprint density at radius 2 is 1.86 bits per heavy atom. The molecule has 3 fully saturated rings. The van der Waals surface area contributed by atoms with E-state index in [1.807, 2.05) is 0 Å². The number of hydrogen-bond donors (Lipinski definition) is 2. The van der Waals surface area contributed by atoms with Gasteiger partial charge in [0, 0.05) is 0 Å². The molecule has 2 unspecified atom stereocenters. The van der Waals surface area contributed by atoms with E-state index in [9.17, 15) is 10.2 Å². The molecule has 0 aliphatic heterocycles. The Morgan fingerprint density at radius 1 is 1.10 bits per heavy atom. The average Bonchev–Trinajstić information content (AvgIpc) is 2.99. The van der Waals surface area contributed by atoms with Gasteiger partial charge in [-0.3, -0.25) is 0 Å². The normalized spacial score (nSPS) is 37.9. The molecule has 0 aromatic rings. The fraction of sp³-hybridized carbons (Fsp3) is 0.778. The highest BCUT2D eigenvalue weighted by atomic mass is 16.3. The average molecular weight is 401 g/mol. The summed E-state index contributed by atoms with van der Waals surface area (Å²) in [7, 11) is 0. The molecule has 0 spiro atoms. The molecule has 0 aromatic carbocycles. The van der Waals surface area contributed by atoms with Gasteiger partial charge in [-0.15, -0.1) is 0 Å². The minimum atomic E-state index is -0.198. The molecular formula is C27H44O2. The van der Waals surface area contributed by atoms with Gasteiger partial charge in [-0.1, -0.05) is 57.6 Å². The number of fused-ring (bicyclic) bond motifs is 1. The molecule has 3 rings (SSSR count). The summed E-state index contributed by atoms with van der Waals surface area (Å²) < 4.78 is 0. The molecule has 2 N–H and O–H groups in total. The van der Waals surface area contributed by atoms with Crippen LogP contribution in [-0.4, -0.2) is 22.4 Å². The highest BCUT2D eigenvalue weighted by Crippen LogP contribution is 2.60. The summed E-state index contributed by atoms with van der Waals surface area (Å²) >= 11 is 0. The van der Waals surface area contributed by atoms with E-state index in [2.05, 4.69) is 46.4 Å². The van der Waals surface area contributed by atoms with Crippen LogP contribution in [0.2, 0.25) is 0 Å². The van der Waals surface area contributed by atoms with Crippen LogP contribution in [0.1, 0.15) is 91.9 Å². The molecule has 2 nitrogen and oxygen atoms in total. The second kappa shape index (κ2) is 9.52. The molecule has 3 aliphatic rings. The lowest BCUT2D eigenvalue weighted by atomic mass is 9.60. The van der Waals surface area contributed by atoms with Crippen molar-refractivity contribution in [2.75, 3.05) is 0 Å². The van der Waals surface area contributed by atoms with E-state index in [-0.39, 0.29) is 12.2 Å². The maximum Gasteiger partial charge on any atom is 0.0583 e. The molecule has 3 aliphatic carbocycles. The second-order valence-electron chi connectivity index (χ2n) is 11.0. The Kier molecular flexibility index (Phi) is 7.49. The first-order valence-electron chi connectivity index (χ1n) is 12.1. The van der Waals surface area contributed by atoms with Crippen LogP contribution in [0.4, 0.5) is 0 Å². The lowest BCUT2D eigenvalue weighted by molar-refractivity contribution is 0.0571. The van der Waals surface area contributed by atoms with Crippen LogP contribution in [-0.2, 0) is 0 Å². The number of aliphatic hydroxyl groups is 2. The summed E-state index contributed by atoms with van der Waals surface area (Å²) in [5.74, 6) is 2.56. The van der Waals surface area contributed by atoms with Crippen molar-refractivity contribution in [3.8, 4) is 0 Å². The summed E-state index contributed by atoms with van der Waals surface area (Å²) in [4.78, 5) is 0. The van der Waals surface area contributed by atoms with Gasteiger partial charge in [-0.25, -0.2) is 0 Å². The predicted molar refractivity (Wildman–Crippen MR) is 123 cm³/mol. The van der Waals surface area contributed by atoms with Crippen molar-refractivity contribution in [3.63, 3.8) is 0 Å². The summed E-state index contributed by atoms with van der Waals surface area (Å²) in [6, 6.07) is 0. The predicted octanol–water partition coefficient (Wildman–Crippen LogP) is 6.59. The highest BCUT2D eigenvalue weighted by molar-refractivity contribution is 5.36. The molecule has 0 aromatic heterocycles. The van der Waals surface area contributed by atoms with Gasteiger partial charge in [-0.2, -0.15) is 0 Å². The van der Waals surface area contributed by atoms with Crippen molar-refractivity contribution in [3.05, 3.63) is 35.5 Å². The Bertz CT molecular complexity index is 643. The van der Waals surface area contributed by atoms with E-state index in [0.29, 0.717) is 23.2 Å².